The van der Waals surface area contributed by atoms with Gasteiger partial charge in [-0.25, -0.2) is 4.67 Å². The molecule has 11 heteroatoms. The highest BCUT2D eigenvalue weighted by atomic mass is 31.2. The fourth-order valence-corrected chi connectivity index (χ4v) is 5.13. The molecule has 2 aromatic rings. The number of benzene rings is 2. The summed E-state index contributed by atoms with van der Waals surface area (Å²) in [5.41, 5.74) is -0.0668. The number of para-hydroxylation sites is 2. The van der Waals surface area contributed by atoms with Crippen LogP contribution in [-0.2, 0) is 9.05 Å². The predicted octanol–water partition coefficient (Wildman–Crippen LogP) is 5.88. The van der Waals surface area contributed by atoms with Gasteiger partial charge in [0.25, 0.3) is 19.9 Å². The highest BCUT2D eigenvalue weighted by Crippen LogP contribution is 2.53. The van der Waals surface area contributed by atoms with Crippen molar-refractivity contribution in [2.24, 2.45) is 0 Å². The Morgan fingerprint density at radius 3 is 1.79 bits per heavy atom. The Morgan fingerprint density at radius 2 is 1.39 bits per heavy atom. The molecular formula is C22H27N4O6P. The van der Waals surface area contributed by atoms with Gasteiger partial charge in [-0.3, -0.25) is 20.2 Å². The quantitative estimate of drug-likeness (QED) is 0.161. The van der Waals surface area contributed by atoms with Gasteiger partial charge >= 0.3 is 0 Å². The summed E-state index contributed by atoms with van der Waals surface area (Å²) in [5.74, 6) is 0. The lowest BCUT2D eigenvalue weighted by atomic mass is 9.98. The molecule has 0 aromatic heterocycles. The van der Waals surface area contributed by atoms with Crippen LogP contribution in [0.5, 0.6) is 0 Å². The van der Waals surface area contributed by atoms with Gasteiger partial charge in [-0.05, 0) is 39.8 Å². The van der Waals surface area contributed by atoms with Crippen LogP contribution in [0.15, 0.2) is 48.5 Å². The molecule has 0 amide bonds. The van der Waals surface area contributed by atoms with Crippen LogP contribution in [-0.4, -0.2) is 33.2 Å². The summed E-state index contributed by atoms with van der Waals surface area (Å²) in [7, 11) is -1.83. The molecule has 1 unspecified atom stereocenters. The van der Waals surface area contributed by atoms with Crippen molar-refractivity contribution in [2.75, 3.05) is 6.61 Å². The Kier molecular flexibility index (Phi) is 9.82. The van der Waals surface area contributed by atoms with E-state index in [1.54, 1.807) is 12.1 Å². The van der Waals surface area contributed by atoms with Gasteiger partial charge in [-0.2, -0.15) is 5.26 Å². The van der Waals surface area contributed by atoms with E-state index in [-0.39, 0.29) is 47.6 Å². The van der Waals surface area contributed by atoms with Gasteiger partial charge in [0, 0.05) is 24.2 Å². The Hall–Kier alpha value is -2.96. The van der Waals surface area contributed by atoms with Gasteiger partial charge in [0.05, 0.1) is 40.1 Å². The minimum atomic E-state index is -1.83. The molecule has 0 bridgehead atoms. The molecule has 0 heterocycles. The molecule has 0 saturated heterocycles. The minimum absolute atomic E-state index is 0.0182. The van der Waals surface area contributed by atoms with E-state index in [2.05, 4.69) is 0 Å². The molecule has 0 aliphatic rings. The first-order chi connectivity index (χ1) is 15.7. The highest BCUT2D eigenvalue weighted by molar-refractivity contribution is 7.44. The second-order valence-electron chi connectivity index (χ2n) is 7.66. The molecule has 0 radical (unpaired) electrons. The van der Waals surface area contributed by atoms with E-state index in [0.717, 1.165) is 0 Å². The molecule has 10 nitrogen and oxygen atoms in total. The lowest BCUT2D eigenvalue weighted by molar-refractivity contribution is -0.387. The highest BCUT2D eigenvalue weighted by Gasteiger charge is 2.36. The summed E-state index contributed by atoms with van der Waals surface area (Å²) in [5, 5.41) is 32.5. The maximum absolute atomic E-state index is 11.8. The number of nitro groups is 2. The third kappa shape index (κ3) is 6.76. The first kappa shape index (κ1) is 26.3. The average molecular weight is 474 g/mol. The summed E-state index contributed by atoms with van der Waals surface area (Å²) in [4.78, 5) is 22.5. The topological polar surface area (TPSA) is 132 Å². The van der Waals surface area contributed by atoms with Crippen molar-refractivity contribution in [3.05, 3.63) is 79.9 Å². The van der Waals surface area contributed by atoms with Crippen molar-refractivity contribution in [2.45, 2.75) is 52.3 Å². The van der Waals surface area contributed by atoms with Crippen LogP contribution in [0.4, 0.5) is 11.4 Å². The maximum atomic E-state index is 11.8. The van der Waals surface area contributed by atoms with E-state index in [1.807, 2.05) is 38.4 Å². The largest absolute Gasteiger partial charge is 0.321 e. The third-order valence-electron chi connectivity index (χ3n) is 4.69. The Balaban J connectivity index is 2.67. The number of hydrogen-bond acceptors (Lipinski definition) is 8. The van der Waals surface area contributed by atoms with E-state index in [1.165, 1.54) is 36.4 Å². The van der Waals surface area contributed by atoms with Crippen molar-refractivity contribution in [1.82, 2.24) is 4.67 Å². The average Bonchev–Trinajstić information content (AvgIpc) is 2.76. The molecule has 0 saturated carbocycles. The van der Waals surface area contributed by atoms with Crippen LogP contribution >= 0.6 is 8.53 Å². The van der Waals surface area contributed by atoms with Crippen LogP contribution in [0.2, 0.25) is 0 Å². The molecule has 0 aliphatic carbocycles. The standard InChI is InChI=1S/C22H27N4O6P/c1-16(2)24(17(3)4)33(31-15-9-14-23)32-22(18-10-5-7-12-20(18)25(27)28)19-11-6-8-13-21(19)26(29)30/h5-8,10-13,16-17,22H,9,15H2,1-4H3. The summed E-state index contributed by atoms with van der Waals surface area (Å²) in [6.45, 7) is 7.92. The molecule has 2 aromatic carbocycles. The molecule has 0 fully saturated rings. The van der Waals surface area contributed by atoms with E-state index in [9.17, 15) is 20.2 Å². The van der Waals surface area contributed by atoms with Crippen LogP contribution in [0.1, 0.15) is 51.3 Å². The minimum Gasteiger partial charge on any atom is -0.321 e. The van der Waals surface area contributed by atoms with E-state index < -0.39 is 24.5 Å². The van der Waals surface area contributed by atoms with Gasteiger partial charge < -0.3 is 9.05 Å². The summed E-state index contributed by atoms with van der Waals surface area (Å²) in [6.07, 6.45) is -1.00. The lowest BCUT2D eigenvalue weighted by Crippen LogP contribution is -2.34. The first-order valence-corrected chi connectivity index (χ1v) is 11.5. The van der Waals surface area contributed by atoms with Gasteiger partial charge in [0.15, 0.2) is 0 Å². The predicted molar refractivity (Wildman–Crippen MR) is 124 cm³/mol. The van der Waals surface area contributed by atoms with E-state index in [0.29, 0.717) is 0 Å². The zero-order chi connectivity index (χ0) is 24.5. The van der Waals surface area contributed by atoms with Crippen LogP contribution in [0, 0.1) is 31.6 Å². The van der Waals surface area contributed by atoms with Crippen molar-refractivity contribution in [3.8, 4) is 6.07 Å². The molecule has 2 rings (SSSR count). The molecule has 0 spiro atoms. The summed E-state index contributed by atoms with van der Waals surface area (Å²) in [6, 6.07) is 14.0. The molecule has 0 N–H and O–H groups in total. The lowest BCUT2D eigenvalue weighted by Gasteiger charge is -2.37. The Labute approximate surface area is 194 Å². The summed E-state index contributed by atoms with van der Waals surface area (Å²) >= 11 is 0. The smallest absolute Gasteiger partial charge is 0.275 e. The molecule has 33 heavy (non-hydrogen) atoms. The fraction of sp³-hybridized carbons (Fsp3) is 0.409. The van der Waals surface area contributed by atoms with Gasteiger partial charge in [-0.15, -0.1) is 0 Å². The van der Waals surface area contributed by atoms with Crippen molar-refractivity contribution < 1.29 is 18.9 Å². The Morgan fingerprint density at radius 1 is 0.939 bits per heavy atom. The first-order valence-electron chi connectivity index (χ1n) is 10.4. The number of rotatable bonds is 12. The second-order valence-corrected chi connectivity index (χ2v) is 9.07. The number of hydrogen-bond donors (Lipinski definition) is 0. The number of nitrogens with zero attached hydrogens (tertiary/aromatic N) is 4. The number of nitriles is 1. The third-order valence-corrected chi connectivity index (χ3v) is 6.79. The van der Waals surface area contributed by atoms with Crippen molar-refractivity contribution in [1.29, 1.82) is 5.26 Å². The number of nitro benzene ring substituents is 2. The van der Waals surface area contributed by atoms with E-state index >= 15 is 0 Å². The molecule has 176 valence electrons. The zero-order valence-corrected chi connectivity index (χ0v) is 19.8. The van der Waals surface area contributed by atoms with Gasteiger partial charge in [0.1, 0.15) is 6.10 Å². The van der Waals surface area contributed by atoms with Crippen molar-refractivity contribution in [3.63, 3.8) is 0 Å². The van der Waals surface area contributed by atoms with E-state index in [4.69, 9.17) is 14.3 Å². The fourth-order valence-electron chi connectivity index (χ4n) is 3.42. The molecule has 0 aliphatic heterocycles. The second kappa shape index (κ2) is 12.3. The molecule has 1 atom stereocenters. The molecular weight excluding hydrogens is 447 g/mol. The van der Waals surface area contributed by atoms with Gasteiger partial charge in [-0.1, -0.05) is 24.3 Å². The van der Waals surface area contributed by atoms with Gasteiger partial charge in [0.2, 0.25) is 0 Å². The normalized spacial score (nSPS) is 12.3. The summed E-state index contributed by atoms with van der Waals surface area (Å²) < 4.78 is 14.3. The zero-order valence-electron chi connectivity index (χ0n) is 19.0. The van der Waals surface area contributed by atoms with Crippen LogP contribution in [0.25, 0.3) is 0 Å². The SMILES string of the molecule is CC(C)N(C(C)C)P(OCCC#N)OC(c1ccccc1[N+](=O)[O-])c1ccccc1[N+](=O)[O-]. The van der Waals surface area contributed by atoms with Crippen LogP contribution < -0.4 is 0 Å². The van der Waals surface area contributed by atoms with Crippen LogP contribution in [0.3, 0.4) is 0 Å². The monoisotopic (exact) mass is 474 g/mol. The van der Waals surface area contributed by atoms with Crippen molar-refractivity contribution >= 4 is 19.9 Å². The maximum Gasteiger partial charge on any atom is 0.275 e. The Bertz CT molecular complexity index is 945.